The van der Waals surface area contributed by atoms with Crippen molar-refractivity contribution in [1.29, 1.82) is 0 Å². The molecule has 1 N–H and O–H groups in total. The largest absolute Gasteiger partial charge is 0.496 e. The Morgan fingerprint density at radius 2 is 1.65 bits per heavy atom. The summed E-state index contributed by atoms with van der Waals surface area (Å²) in [7, 11) is 3.56. The van der Waals surface area contributed by atoms with Crippen LogP contribution in [0.5, 0.6) is 5.75 Å². The van der Waals surface area contributed by atoms with Crippen LogP contribution in [0.25, 0.3) is 0 Å². The molecular formula is C15H14Cl2INO. The van der Waals surface area contributed by atoms with Gasteiger partial charge < -0.3 is 10.1 Å². The van der Waals surface area contributed by atoms with Gasteiger partial charge in [0.2, 0.25) is 0 Å². The molecule has 20 heavy (non-hydrogen) atoms. The number of methoxy groups -OCH3 is 1. The first-order valence-corrected chi connectivity index (χ1v) is 7.86. The van der Waals surface area contributed by atoms with Gasteiger partial charge in [0.15, 0.2) is 0 Å². The zero-order valence-corrected chi connectivity index (χ0v) is 14.8. The van der Waals surface area contributed by atoms with Crippen molar-refractivity contribution in [3.63, 3.8) is 0 Å². The minimum Gasteiger partial charge on any atom is -0.496 e. The predicted octanol–water partition coefficient (Wildman–Crippen LogP) is 4.92. The van der Waals surface area contributed by atoms with Crippen LogP contribution < -0.4 is 10.1 Å². The Morgan fingerprint density at radius 1 is 1.05 bits per heavy atom. The summed E-state index contributed by atoms with van der Waals surface area (Å²) in [5.41, 5.74) is 2.09. The van der Waals surface area contributed by atoms with Crippen molar-refractivity contribution >= 4 is 45.8 Å². The molecule has 5 heteroatoms. The summed E-state index contributed by atoms with van der Waals surface area (Å²) in [6.45, 7) is 0. The maximum atomic E-state index is 6.12. The van der Waals surface area contributed by atoms with Gasteiger partial charge in [0, 0.05) is 19.2 Å². The van der Waals surface area contributed by atoms with E-state index < -0.39 is 0 Å². The smallest absolute Gasteiger partial charge is 0.124 e. The third-order valence-corrected chi connectivity index (χ3v) is 4.51. The first-order valence-electron chi connectivity index (χ1n) is 6.02. The van der Waals surface area contributed by atoms with Gasteiger partial charge in [-0.3, -0.25) is 0 Å². The van der Waals surface area contributed by atoms with Gasteiger partial charge in [-0.2, -0.15) is 0 Å². The third-order valence-electron chi connectivity index (χ3n) is 3.06. The molecule has 1 atom stereocenters. The Hall–Kier alpha value is -0.490. The number of halogens is 3. The van der Waals surface area contributed by atoms with Gasteiger partial charge in [-0.05, 0) is 71.6 Å². The van der Waals surface area contributed by atoms with Crippen molar-refractivity contribution < 1.29 is 4.74 Å². The van der Waals surface area contributed by atoms with Crippen molar-refractivity contribution in [2.24, 2.45) is 0 Å². The fourth-order valence-electron chi connectivity index (χ4n) is 2.15. The first-order chi connectivity index (χ1) is 9.56. The monoisotopic (exact) mass is 421 g/mol. The second-order valence-electron chi connectivity index (χ2n) is 4.27. The normalized spacial score (nSPS) is 12.2. The summed E-state index contributed by atoms with van der Waals surface area (Å²) in [6, 6.07) is 11.4. The predicted molar refractivity (Wildman–Crippen MR) is 93.1 cm³/mol. The lowest BCUT2D eigenvalue weighted by Crippen LogP contribution is -2.19. The highest BCUT2D eigenvalue weighted by Crippen LogP contribution is 2.35. The highest BCUT2D eigenvalue weighted by atomic mass is 127. The van der Waals surface area contributed by atoms with E-state index in [1.54, 1.807) is 7.11 Å². The molecule has 2 nitrogen and oxygen atoms in total. The number of benzene rings is 2. The highest BCUT2D eigenvalue weighted by molar-refractivity contribution is 14.1. The van der Waals surface area contributed by atoms with Crippen LogP contribution in [-0.2, 0) is 0 Å². The summed E-state index contributed by atoms with van der Waals surface area (Å²) in [5.74, 6) is 0.796. The molecule has 0 spiro atoms. The number of rotatable bonds is 4. The molecule has 0 fully saturated rings. The lowest BCUT2D eigenvalue weighted by Gasteiger charge is -2.21. The van der Waals surface area contributed by atoms with Crippen LogP contribution >= 0.6 is 45.8 Å². The zero-order valence-electron chi connectivity index (χ0n) is 11.1. The molecule has 0 saturated heterocycles. The topological polar surface area (TPSA) is 21.3 Å². The minimum absolute atomic E-state index is 0.0331. The molecule has 0 aromatic heterocycles. The van der Waals surface area contributed by atoms with E-state index in [4.69, 9.17) is 27.9 Å². The number of nitrogens with one attached hydrogen (secondary N) is 1. The van der Waals surface area contributed by atoms with Crippen molar-refractivity contribution in [3.8, 4) is 5.75 Å². The minimum atomic E-state index is -0.0331. The van der Waals surface area contributed by atoms with Crippen LogP contribution in [0.1, 0.15) is 17.2 Å². The molecule has 2 rings (SSSR count). The van der Waals surface area contributed by atoms with Crippen LogP contribution in [0, 0.1) is 3.57 Å². The lowest BCUT2D eigenvalue weighted by atomic mass is 9.98. The SMILES string of the molecule is CNC(c1cc(Cl)ccc1I)c1cc(Cl)ccc1OC. The maximum Gasteiger partial charge on any atom is 0.124 e. The molecule has 1 unspecified atom stereocenters. The van der Waals surface area contributed by atoms with Gasteiger partial charge in [0.1, 0.15) is 5.75 Å². The summed E-state index contributed by atoms with van der Waals surface area (Å²) in [6.07, 6.45) is 0. The molecule has 0 heterocycles. The van der Waals surface area contributed by atoms with E-state index in [-0.39, 0.29) is 6.04 Å². The van der Waals surface area contributed by atoms with Crippen molar-refractivity contribution in [2.45, 2.75) is 6.04 Å². The molecule has 2 aromatic rings. The number of hydrogen-bond acceptors (Lipinski definition) is 2. The van der Waals surface area contributed by atoms with Crippen molar-refractivity contribution in [2.75, 3.05) is 14.2 Å². The van der Waals surface area contributed by atoms with Gasteiger partial charge in [-0.25, -0.2) is 0 Å². The molecule has 0 aliphatic carbocycles. The highest BCUT2D eigenvalue weighted by Gasteiger charge is 2.19. The second-order valence-corrected chi connectivity index (χ2v) is 6.31. The van der Waals surface area contributed by atoms with E-state index in [1.807, 2.05) is 43.4 Å². The Labute approximate surface area is 142 Å². The molecule has 0 amide bonds. The van der Waals surface area contributed by atoms with E-state index in [2.05, 4.69) is 27.9 Å². The summed E-state index contributed by atoms with van der Waals surface area (Å²) in [4.78, 5) is 0. The van der Waals surface area contributed by atoms with Gasteiger partial charge >= 0.3 is 0 Å². The second kappa shape index (κ2) is 6.98. The van der Waals surface area contributed by atoms with Gasteiger partial charge in [-0.1, -0.05) is 23.2 Å². The van der Waals surface area contributed by atoms with Crippen molar-refractivity contribution in [1.82, 2.24) is 5.32 Å². The van der Waals surface area contributed by atoms with Gasteiger partial charge in [0.25, 0.3) is 0 Å². The van der Waals surface area contributed by atoms with E-state index in [9.17, 15) is 0 Å². The van der Waals surface area contributed by atoms with Crippen LogP contribution in [0.3, 0.4) is 0 Å². The average molecular weight is 422 g/mol. The molecule has 0 bridgehead atoms. The van der Waals surface area contributed by atoms with E-state index in [0.29, 0.717) is 10.0 Å². The fourth-order valence-corrected chi connectivity index (χ4v) is 3.15. The summed E-state index contributed by atoms with van der Waals surface area (Å²) >= 11 is 14.5. The molecule has 0 aliphatic rings. The van der Waals surface area contributed by atoms with Gasteiger partial charge in [0.05, 0.1) is 13.2 Å². The molecule has 0 saturated carbocycles. The van der Waals surface area contributed by atoms with E-state index in [1.165, 1.54) is 0 Å². The van der Waals surface area contributed by atoms with E-state index >= 15 is 0 Å². The zero-order chi connectivity index (χ0) is 14.7. The molecular weight excluding hydrogens is 408 g/mol. The maximum absolute atomic E-state index is 6.12. The molecule has 2 aromatic carbocycles. The Bertz CT molecular complexity index is 619. The van der Waals surface area contributed by atoms with Crippen molar-refractivity contribution in [3.05, 3.63) is 61.1 Å². The standard InChI is InChI=1S/C15H14Cl2INO/c1-19-15(11-7-9(16)3-5-13(11)18)12-8-10(17)4-6-14(12)20-2/h3-8,15,19H,1-2H3. The first kappa shape index (κ1) is 15.9. The molecule has 0 aliphatic heterocycles. The Kier molecular flexibility index (Phi) is 5.55. The summed E-state index contributed by atoms with van der Waals surface area (Å²) < 4.78 is 6.57. The van der Waals surface area contributed by atoms with Crippen LogP contribution in [0.15, 0.2) is 36.4 Å². The lowest BCUT2D eigenvalue weighted by molar-refractivity contribution is 0.405. The van der Waals surface area contributed by atoms with Crippen LogP contribution in [0.4, 0.5) is 0 Å². The average Bonchev–Trinajstić information content (AvgIpc) is 2.44. The van der Waals surface area contributed by atoms with Crippen LogP contribution in [0.2, 0.25) is 10.0 Å². The third kappa shape index (κ3) is 3.39. The summed E-state index contributed by atoms with van der Waals surface area (Å²) in [5, 5.41) is 4.69. The van der Waals surface area contributed by atoms with Crippen LogP contribution in [-0.4, -0.2) is 14.2 Å². The molecule has 0 radical (unpaired) electrons. The molecule has 106 valence electrons. The number of hydrogen-bond donors (Lipinski definition) is 1. The quantitative estimate of drug-likeness (QED) is 0.707. The Balaban J connectivity index is 2.57. The van der Waals surface area contributed by atoms with E-state index in [0.717, 1.165) is 20.4 Å². The van der Waals surface area contributed by atoms with Gasteiger partial charge in [-0.15, -0.1) is 0 Å². The number of ether oxygens (including phenoxy) is 1. The fraction of sp³-hybridized carbons (Fsp3) is 0.200. The Morgan fingerprint density at radius 3 is 2.25 bits per heavy atom.